The van der Waals surface area contributed by atoms with Crippen LogP contribution in [-0.4, -0.2) is 25.7 Å². The molecule has 3 aromatic rings. The minimum absolute atomic E-state index is 0.0657. The second kappa shape index (κ2) is 4.73. The molecule has 1 N–H and O–H groups in total. The number of aryl methyl sites for hydroxylation is 1. The quantitative estimate of drug-likeness (QED) is 0.799. The number of aromatic carboxylic acids is 1. The van der Waals surface area contributed by atoms with Gasteiger partial charge in [0, 0.05) is 12.1 Å². The number of carboxylic acids is 1. The standard InChI is InChI=1S/C15H15N3O3/c1-8(2)10-7-14-16-11(13-5-4-9(3)21-13)6-12(15(19)20)18(14)17-10/h4-8H,1-3H3,(H,19,20). The Morgan fingerprint density at radius 2 is 2.10 bits per heavy atom. The Bertz CT molecular complexity index is 830. The molecule has 3 heterocycles. The van der Waals surface area contributed by atoms with Crippen LogP contribution in [0.5, 0.6) is 0 Å². The number of aromatic nitrogens is 3. The predicted octanol–water partition coefficient (Wildman–Crippen LogP) is 3.12. The van der Waals surface area contributed by atoms with E-state index in [1.54, 1.807) is 12.1 Å². The summed E-state index contributed by atoms with van der Waals surface area (Å²) in [5.74, 6) is 0.442. The average Bonchev–Trinajstić information content (AvgIpc) is 3.02. The molecule has 0 unspecified atom stereocenters. The van der Waals surface area contributed by atoms with Gasteiger partial charge in [0.25, 0.3) is 0 Å². The summed E-state index contributed by atoms with van der Waals surface area (Å²) in [6.07, 6.45) is 0. The highest BCUT2D eigenvalue weighted by Gasteiger charge is 2.17. The van der Waals surface area contributed by atoms with Crippen LogP contribution in [-0.2, 0) is 0 Å². The molecule has 0 aliphatic carbocycles. The zero-order valence-corrected chi connectivity index (χ0v) is 12.0. The van der Waals surface area contributed by atoms with Gasteiger partial charge in [0.15, 0.2) is 17.1 Å². The first-order chi connectivity index (χ1) is 9.95. The fourth-order valence-corrected chi connectivity index (χ4v) is 2.13. The number of nitrogens with zero attached hydrogens (tertiary/aromatic N) is 3. The van der Waals surface area contributed by atoms with Crippen molar-refractivity contribution in [3.63, 3.8) is 0 Å². The number of furan rings is 1. The van der Waals surface area contributed by atoms with Gasteiger partial charge >= 0.3 is 5.97 Å². The molecule has 0 saturated carbocycles. The van der Waals surface area contributed by atoms with Crippen LogP contribution in [0.1, 0.15) is 41.7 Å². The lowest BCUT2D eigenvalue weighted by Gasteiger charge is -2.02. The molecule has 0 bridgehead atoms. The summed E-state index contributed by atoms with van der Waals surface area (Å²) >= 11 is 0. The van der Waals surface area contributed by atoms with Crippen molar-refractivity contribution in [2.24, 2.45) is 0 Å². The van der Waals surface area contributed by atoms with Crippen molar-refractivity contribution in [2.45, 2.75) is 26.7 Å². The number of carbonyl (C=O) groups is 1. The maximum absolute atomic E-state index is 11.5. The molecule has 108 valence electrons. The Morgan fingerprint density at radius 1 is 1.33 bits per heavy atom. The smallest absolute Gasteiger partial charge is 0.354 e. The zero-order valence-electron chi connectivity index (χ0n) is 12.0. The Kier molecular flexibility index (Phi) is 3.01. The van der Waals surface area contributed by atoms with Crippen LogP contribution in [0.15, 0.2) is 28.7 Å². The third-order valence-corrected chi connectivity index (χ3v) is 3.25. The van der Waals surface area contributed by atoms with Gasteiger partial charge in [-0.25, -0.2) is 14.3 Å². The van der Waals surface area contributed by atoms with E-state index in [-0.39, 0.29) is 11.6 Å². The Balaban J connectivity index is 2.26. The van der Waals surface area contributed by atoms with Gasteiger partial charge in [-0.05, 0) is 25.0 Å². The summed E-state index contributed by atoms with van der Waals surface area (Å²) < 4.78 is 6.88. The summed E-state index contributed by atoms with van der Waals surface area (Å²) in [4.78, 5) is 15.9. The molecule has 0 amide bonds. The lowest BCUT2D eigenvalue weighted by Crippen LogP contribution is -2.08. The normalized spacial score (nSPS) is 11.4. The molecule has 3 aromatic heterocycles. The summed E-state index contributed by atoms with van der Waals surface area (Å²) in [6.45, 7) is 5.83. The molecule has 3 rings (SSSR count). The van der Waals surface area contributed by atoms with Crippen LogP contribution < -0.4 is 0 Å². The van der Waals surface area contributed by atoms with Crippen LogP contribution in [0.25, 0.3) is 17.1 Å². The third kappa shape index (κ3) is 2.29. The van der Waals surface area contributed by atoms with Crippen molar-refractivity contribution in [1.82, 2.24) is 14.6 Å². The second-order valence-corrected chi connectivity index (χ2v) is 5.24. The van der Waals surface area contributed by atoms with Crippen molar-refractivity contribution in [1.29, 1.82) is 0 Å². The molecule has 0 aliphatic heterocycles. The molecule has 0 aromatic carbocycles. The van der Waals surface area contributed by atoms with E-state index in [1.165, 1.54) is 10.6 Å². The van der Waals surface area contributed by atoms with Crippen LogP contribution in [0, 0.1) is 6.92 Å². The predicted molar refractivity (Wildman–Crippen MR) is 76.5 cm³/mol. The van der Waals surface area contributed by atoms with Crippen molar-refractivity contribution < 1.29 is 14.3 Å². The summed E-state index contributed by atoms with van der Waals surface area (Å²) in [5, 5.41) is 13.7. The van der Waals surface area contributed by atoms with E-state index in [0.29, 0.717) is 17.1 Å². The van der Waals surface area contributed by atoms with Crippen molar-refractivity contribution in [3.05, 3.63) is 41.4 Å². The molecule has 0 radical (unpaired) electrons. The minimum Gasteiger partial charge on any atom is -0.477 e. The van der Waals surface area contributed by atoms with Crippen molar-refractivity contribution >= 4 is 11.6 Å². The largest absolute Gasteiger partial charge is 0.477 e. The molecule has 6 nitrogen and oxygen atoms in total. The summed E-state index contributed by atoms with van der Waals surface area (Å²) in [5.41, 5.74) is 1.86. The van der Waals surface area contributed by atoms with E-state index in [9.17, 15) is 9.90 Å². The lowest BCUT2D eigenvalue weighted by molar-refractivity contribution is 0.0687. The van der Waals surface area contributed by atoms with E-state index in [0.717, 1.165) is 11.5 Å². The highest BCUT2D eigenvalue weighted by Crippen LogP contribution is 2.23. The van der Waals surface area contributed by atoms with E-state index in [2.05, 4.69) is 10.1 Å². The highest BCUT2D eigenvalue weighted by atomic mass is 16.4. The van der Waals surface area contributed by atoms with E-state index in [1.807, 2.05) is 26.8 Å². The van der Waals surface area contributed by atoms with Gasteiger partial charge in [-0.3, -0.25) is 0 Å². The molecule has 0 fully saturated rings. The molecule has 0 spiro atoms. The molecular weight excluding hydrogens is 270 g/mol. The summed E-state index contributed by atoms with van der Waals surface area (Å²) in [7, 11) is 0. The summed E-state index contributed by atoms with van der Waals surface area (Å²) in [6, 6.07) is 6.87. The highest BCUT2D eigenvalue weighted by molar-refractivity contribution is 5.87. The van der Waals surface area contributed by atoms with E-state index < -0.39 is 5.97 Å². The maximum Gasteiger partial charge on any atom is 0.354 e. The van der Waals surface area contributed by atoms with Crippen LogP contribution in [0.2, 0.25) is 0 Å². The molecule has 21 heavy (non-hydrogen) atoms. The van der Waals surface area contributed by atoms with Gasteiger partial charge in [0.1, 0.15) is 11.5 Å². The van der Waals surface area contributed by atoms with Crippen LogP contribution >= 0.6 is 0 Å². The number of fused-ring (bicyclic) bond motifs is 1. The van der Waals surface area contributed by atoms with Gasteiger partial charge in [-0.1, -0.05) is 13.8 Å². The number of rotatable bonds is 3. The third-order valence-electron chi connectivity index (χ3n) is 3.25. The first-order valence-corrected chi connectivity index (χ1v) is 6.66. The monoisotopic (exact) mass is 285 g/mol. The lowest BCUT2D eigenvalue weighted by atomic mass is 10.1. The number of hydrogen-bond acceptors (Lipinski definition) is 4. The van der Waals surface area contributed by atoms with Gasteiger partial charge in [0.05, 0.1) is 5.69 Å². The number of hydrogen-bond donors (Lipinski definition) is 1. The van der Waals surface area contributed by atoms with Crippen molar-refractivity contribution in [2.75, 3.05) is 0 Å². The number of carboxylic acid groups (broad SMARTS) is 1. The molecule has 6 heteroatoms. The van der Waals surface area contributed by atoms with Gasteiger partial charge in [0.2, 0.25) is 0 Å². The Labute approximate surface area is 121 Å². The molecule has 0 saturated heterocycles. The molecule has 0 atom stereocenters. The maximum atomic E-state index is 11.5. The SMILES string of the molecule is Cc1ccc(-c2cc(C(=O)O)n3nc(C(C)C)cc3n2)o1. The topological polar surface area (TPSA) is 80.6 Å². The van der Waals surface area contributed by atoms with Gasteiger partial charge in [-0.2, -0.15) is 5.10 Å². The van der Waals surface area contributed by atoms with E-state index in [4.69, 9.17) is 4.42 Å². The zero-order chi connectivity index (χ0) is 15.1. The Morgan fingerprint density at radius 3 is 2.67 bits per heavy atom. The average molecular weight is 285 g/mol. The fraction of sp³-hybridized carbons (Fsp3) is 0.267. The Hall–Kier alpha value is -2.63. The second-order valence-electron chi connectivity index (χ2n) is 5.24. The molecular formula is C15H15N3O3. The van der Waals surface area contributed by atoms with Crippen LogP contribution in [0.4, 0.5) is 0 Å². The van der Waals surface area contributed by atoms with Gasteiger partial charge in [-0.15, -0.1) is 0 Å². The van der Waals surface area contributed by atoms with Gasteiger partial charge < -0.3 is 9.52 Å². The minimum atomic E-state index is -1.05. The van der Waals surface area contributed by atoms with Crippen molar-refractivity contribution in [3.8, 4) is 11.5 Å². The van der Waals surface area contributed by atoms with Crippen LogP contribution in [0.3, 0.4) is 0 Å². The first-order valence-electron chi connectivity index (χ1n) is 6.66. The van der Waals surface area contributed by atoms with E-state index >= 15 is 0 Å². The molecule has 0 aliphatic rings. The first kappa shape index (κ1) is 13.4. The fourth-order valence-electron chi connectivity index (χ4n) is 2.13.